The molecule has 2 aliphatic heterocycles. The molecule has 0 radical (unpaired) electrons. The molecule has 3 atom stereocenters. The van der Waals surface area contributed by atoms with Gasteiger partial charge in [-0.1, -0.05) is 75.6 Å². The van der Waals surface area contributed by atoms with Crippen LogP contribution in [0.3, 0.4) is 0 Å². The smallest absolute Gasteiger partial charge is 0.0354 e. The second-order valence-corrected chi connectivity index (χ2v) is 8.51. The molecule has 3 aliphatic rings. The van der Waals surface area contributed by atoms with Gasteiger partial charge in [-0.3, -0.25) is 4.90 Å². The van der Waals surface area contributed by atoms with Gasteiger partial charge >= 0.3 is 0 Å². The Morgan fingerprint density at radius 3 is 2.25 bits per heavy atom. The van der Waals surface area contributed by atoms with E-state index in [1.165, 1.54) is 90.0 Å². The molecule has 1 nitrogen and oxygen atoms in total. The predicted octanol–water partition coefficient (Wildman–Crippen LogP) is 6.28. The van der Waals surface area contributed by atoms with E-state index in [0.717, 1.165) is 12.0 Å². The van der Waals surface area contributed by atoms with Crippen LogP contribution in [0.15, 0.2) is 24.3 Å². The fourth-order valence-corrected chi connectivity index (χ4v) is 5.80. The summed E-state index contributed by atoms with van der Waals surface area (Å²) in [4.78, 5) is 2.98. The molecule has 132 valence electrons. The average Bonchev–Trinajstić information content (AvgIpc) is 2.63. The highest BCUT2D eigenvalue weighted by molar-refractivity contribution is 5.32. The molecule has 2 fully saturated rings. The largest absolute Gasteiger partial charge is 0.293 e. The highest BCUT2D eigenvalue weighted by Gasteiger charge is 2.36. The van der Waals surface area contributed by atoms with E-state index in [4.69, 9.17) is 0 Å². The summed E-state index contributed by atoms with van der Waals surface area (Å²) < 4.78 is 0. The highest BCUT2D eigenvalue weighted by Crippen LogP contribution is 2.41. The zero-order chi connectivity index (χ0) is 16.2. The number of benzene rings is 1. The molecule has 1 heteroatoms. The minimum atomic E-state index is 0.708. The molecular weight excluding hydrogens is 290 g/mol. The normalized spacial score (nSPS) is 32.6. The number of nitrogens with zero attached hydrogens (tertiary/aromatic N) is 1. The topological polar surface area (TPSA) is 3.24 Å². The Balaban J connectivity index is 1.61. The number of rotatable bonds is 0. The summed E-state index contributed by atoms with van der Waals surface area (Å²) in [6, 6.07) is 10.9. The van der Waals surface area contributed by atoms with E-state index >= 15 is 0 Å². The molecule has 0 aromatic heterocycles. The summed E-state index contributed by atoms with van der Waals surface area (Å²) in [5, 5.41) is 0. The van der Waals surface area contributed by atoms with Crippen molar-refractivity contribution in [2.45, 2.75) is 95.6 Å². The van der Waals surface area contributed by atoms with Gasteiger partial charge in [-0.15, -0.1) is 0 Å². The fourth-order valence-electron chi connectivity index (χ4n) is 5.80. The van der Waals surface area contributed by atoms with Crippen molar-refractivity contribution in [1.29, 1.82) is 0 Å². The molecule has 1 aliphatic carbocycles. The first kappa shape index (κ1) is 16.6. The van der Waals surface area contributed by atoms with Gasteiger partial charge in [0.2, 0.25) is 0 Å². The van der Waals surface area contributed by atoms with Crippen LogP contribution in [0, 0.1) is 5.92 Å². The Morgan fingerprint density at radius 2 is 1.38 bits per heavy atom. The fraction of sp³-hybridized carbons (Fsp3) is 0.739. The molecule has 1 saturated carbocycles. The summed E-state index contributed by atoms with van der Waals surface area (Å²) in [5.41, 5.74) is 3.31. The minimum absolute atomic E-state index is 0.708. The van der Waals surface area contributed by atoms with Gasteiger partial charge in [0, 0.05) is 18.6 Å². The Morgan fingerprint density at radius 1 is 0.708 bits per heavy atom. The van der Waals surface area contributed by atoms with E-state index in [0.29, 0.717) is 6.04 Å². The first-order valence-corrected chi connectivity index (χ1v) is 10.8. The molecule has 0 N–H and O–H groups in total. The van der Waals surface area contributed by atoms with E-state index in [1.54, 1.807) is 11.1 Å². The van der Waals surface area contributed by atoms with Crippen LogP contribution in [0.1, 0.15) is 94.2 Å². The van der Waals surface area contributed by atoms with Crippen LogP contribution in [0.4, 0.5) is 0 Å². The number of fused-ring (bicyclic) bond motifs is 5. The zero-order valence-electron chi connectivity index (χ0n) is 15.4. The van der Waals surface area contributed by atoms with Crippen molar-refractivity contribution in [3.8, 4) is 0 Å². The summed E-state index contributed by atoms with van der Waals surface area (Å²) in [6.45, 7) is 1.31. The Hall–Kier alpha value is -0.820. The molecule has 1 aromatic carbocycles. The second-order valence-electron chi connectivity index (χ2n) is 8.51. The van der Waals surface area contributed by atoms with E-state index < -0.39 is 0 Å². The second kappa shape index (κ2) is 8.04. The summed E-state index contributed by atoms with van der Waals surface area (Å²) in [5.74, 6) is 0.978. The molecule has 24 heavy (non-hydrogen) atoms. The Labute approximate surface area is 148 Å². The molecule has 2 heterocycles. The minimum Gasteiger partial charge on any atom is -0.293 e. The van der Waals surface area contributed by atoms with Gasteiger partial charge in [0.15, 0.2) is 0 Å². The first-order chi connectivity index (χ1) is 11.9. The van der Waals surface area contributed by atoms with E-state index in [2.05, 4.69) is 29.2 Å². The average molecular weight is 326 g/mol. The zero-order valence-corrected chi connectivity index (χ0v) is 15.4. The molecule has 0 spiro atoms. The molecule has 1 saturated heterocycles. The van der Waals surface area contributed by atoms with Crippen LogP contribution in [-0.4, -0.2) is 17.5 Å². The first-order valence-electron chi connectivity index (χ1n) is 10.8. The number of hydrogen-bond acceptors (Lipinski definition) is 1. The van der Waals surface area contributed by atoms with Crippen molar-refractivity contribution in [3.63, 3.8) is 0 Å². The van der Waals surface area contributed by atoms with Gasteiger partial charge in [-0.25, -0.2) is 0 Å². The summed E-state index contributed by atoms with van der Waals surface area (Å²) in [6.07, 6.45) is 18.8. The van der Waals surface area contributed by atoms with Crippen LogP contribution in [0.2, 0.25) is 0 Å². The molecule has 1 aromatic rings. The van der Waals surface area contributed by atoms with E-state index in [1.807, 2.05) is 0 Å². The lowest BCUT2D eigenvalue weighted by Crippen LogP contribution is -2.47. The SMILES string of the molecule is c1ccc2c(c1)CCN1C2CCCCCCCCC2CCCCC21. The van der Waals surface area contributed by atoms with Crippen LogP contribution in [-0.2, 0) is 6.42 Å². The molecular formula is C23H35N. The molecule has 3 unspecified atom stereocenters. The molecule has 4 rings (SSSR count). The van der Waals surface area contributed by atoms with Gasteiger partial charge in [-0.05, 0) is 49.1 Å². The monoisotopic (exact) mass is 325 g/mol. The van der Waals surface area contributed by atoms with Crippen LogP contribution in [0.5, 0.6) is 0 Å². The van der Waals surface area contributed by atoms with Crippen molar-refractivity contribution in [3.05, 3.63) is 35.4 Å². The third-order valence-corrected chi connectivity index (χ3v) is 7.05. The standard InChI is InChI=1S/C23H35N/c1-2-4-6-16-23-21-14-9-7-11-19(21)17-18-24(23)22-15-10-8-13-20(22)12-5-3-1/h7,9,11,14,20,22-23H,1-6,8,10,12-13,15-18H2. The predicted molar refractivity (Wildman–Crippen MR) is 102 cm³/mol. The van der Waals surface area contributed by atoms with Crippen LogP contribution < -0.4 is 0 Å². The maximum absolute atomic E-state index is 2.98. The molecule has 0 bridgehead atoms. The van der Waals surface area contributed by atoms with E-state index in [9.17, 15) is 0 Å². The van der Waals surface area contributed by atoms with Gasteiger partial charge in [0.05, 0.1) is 0 Å². The summed E-state index contributed by atoms with van der Waals surface area (Å²) in [7, 11) is 0. The van der Waals surface area contributed by atoms with Crippen molar-refractivity contribution >= 4 is 0 Å². The maximum Gasteiger partial charge on any atom is 0.0354 e. The van der Waals surface area contributed by atoms with Gasteiger partial charge in [0.1, 0.15) is 0 Å². The van der Waals surface area contributed by atoms with Crippen molar-refractivity contribution < 1.29 is 0 Å². The molecule has 0 amide bonds. The van der Waals surface area contributed by atoms with Gasteiger partial charge < -0.3 is 0 Å². The van der Waals surface area contributed by atoms with Crippen LogP contribution in [0.25, 0.3) is 0 Å². The van der Waals surface area contributed by atoms with Crippen LogP contribution >= 0.6 is 0 Å². The third kappa shape index (κ3) is 3.57. The highest BCUT2D eigenvalue weighted by atomic mass is 15.2. The third-order valence-electron chi connectivity index (χ3n) is 7.05. The Kier molecular flexibility index (Phi) is 5.57. The Bertz CT molecular complexity index is 523. The lowest BCUT2D eigenvalue weighted by molar-refractivity contribution is 0.0452. The lowest BCUT2D eigenvalue weighted by atomic mass is 9.77. The van der Waals surface area contributed by atoms with Crippen molar-refractivity contribution in [1.82, 2.24) is 4.90 Å². The van der Waals surface area contributed by atoms with Gasteiger partial charge in [-0.2, -0.15) is 0 Å². The van der Waals surface area contributed by atoms with E-state index in [-0.39, 0.29) is 0 Å². The van der Waals surface area contributed by atoms with Gasteiger partial charge in [0.25, 0.3) is 0 Å². The summed E-state index contributed by atoms with van der Waals surface area (Å²) >= 11 is 0. The maximum atomic E-state index is 2.98. The lowest BCUT2D eigenvalue weighted by Gasteiger charge is -2.47. The number of hydrogen-bond donors (Lipinski definition) is 0. The van der Waals surface area contributed by atoms with Crippen molar-refractivity contribution in [2.75, 3.05) is 6.54 Å². The quantitative estimate of drug-likeness (QED) is 0.542. The van der Waals surface area contributed by atoms with Crippen molar-refractivity contribution in [2.24, 2.45) is 5.92 Å².